The zero-order valence-corrected chi connectivity index (χ0v) is 17.7. The van der Waals surface area contributed by atoms with E-state index in [1.165, 1.54) is 5.56 Å². The third-order valence-corrected chi connectivity index (χ3v) is 5.95. The van der Waals surface area contributed by atoms with Crippen LogP contribution in [0.1, 0.15) is 17.5 Å². The van der Waals surface area contributed by atoms with Crippen LogP contribution in [0.25, 0.3) is 0 Å². The molecule has 1 aliphatic carbocycles. The molecule has 1 unspecified atom stereocenters. The third kappa shape index (κ3) is 3.81. The molecule has 26 heavy (non-hydrogen) atoms. The lowest BCUT2D eigenvalue weighted by molar-refractivity contribution is 0.0483. The number of anilines is 1. The molecule has 2 aliphatic rings. The van der Waals surface area contributed by atoms with Crippen LogP contribution in [0.2, 0.25) is 0 Å². The van der Waals surface area contributed by atoms with E-state index in [-0.39, 0.29) is 24.0 Å². The van der Waals surface area contributed by atoms with Crippen molar-refractivity contribution in [3.63, 3.8) is 0 Å². The van der Waals surface area contributed by atoms with Crippen molar-refractivity contribution in [1.29, 1.82) is 0 Å². The van der Waals surface area contributed by atoms with Crippen molar-refractivity contribution in [1.82, 2.24) is 9.88 Å². The van der Waals surface area contributed by atoms with Crippen LogP contribution in [0.4, 0.5) is 5.13 Å². The molecule has 3 N–H and O–H groups in total. The van der Waals surface area contributed by atoms with Crippen LogP contribution in [0.3, 0.4) is 0 Å². The molecule has 4 rings (SSSR count). The number of nitrogens with zero attached hydrogens (tertiary/aromatic N) is 4. The number of piperazine rings is 1. The molecule has 8 heteroatoms. The van der Waals surface area contributed by atoms with E-state index in [0.29, 0.717) is 18.9 Å². The summed E-state index contributed by atoms with van der Waals surface area (Å²) >= 11 is 1.66. The SMILES string of the molecule is I.NC(=NCC1(O)CCc2ccccc21)N1CCN(c2nccs2)CC1. The number of hydrogen-bond donors (Lipinski definition) is 2. The quantitative estimate of drug-likeness (QED) is 0.396. The highest BCUT2D eigenvalue weighted by Gasteiger charge is 2.36. The van der Waals surface area contributed by atoms with E-state index >= 15 is 0 Å². The molecule has 6 nitrogen and oxygen atoms in total. The summed E-state index contributed by atoms with van der Waals surface area (Å²) in [5.74, 6) is 0.525. The van der Waals surface area contributed by atoms with E-state index in [0.717, 1.165) is 43.3 Å². The van der Waals surface area contributed by atoms with Gasteiger partial charge in [0, 0.05) is 37.8 Å². The van der Waals surface area contributed by atoms with Crippen molar-refractivity contribution in [3.05, 3.63) is 47.0 Å². The molecule has 140 valence electrons. The first-order valence-corrected chi connectivity index (χ1v) is 9.54. The maximum Gasteiger partial charge on any atom is 0.191 e. The summed E-state index contributed by atoms with van der Waals surface area (Å²) in [5.41, 5.74) is 7.54. The highest BCUT2D eigenvalue weighted by Crippen LogP contribution is 2.36. The molecule has 1 saturated heterocycles. The van der Waals surface area contributed by atoms with Gasteiger partial charge < -0.3 is 20.6 Å². The Morgan fingerprint density at radius 3 is 2.77 bits per heavy atom. The Hall–Kier alpha value is -1.39. The highest BCUT2D eigenvalue weighted by atomic mass is 127. The molecule has 0 spiro atoms. The minimum atomic E-state index is -0.885. The number of nitrogens with two attached hydrogens (primary N) is 1. The van der Waals surface area contributed by atoms with Crippen LogP contribution in [0, 0.1) is 0 Å². The van der Waals surface area contributed by atoms with Crippen molar-refractivity contribution in [3.8, 4) is 0 Å². The van der Waals surface area contributed by atoms with Crippen LogP contribution in [-0.4, -0.2) is 53.7 Å². The maximum atomic E-state index is 11.0. The number of aliphatic hydroxyl groups is 1. The first-order chi connectivity index (χ1) is 12.2. The van der Waals surface area contributed by atoms with Crippen LogP contribution in [0.5, 0.6) is 0 Å². The average Bonchev–Trinajstić information content (AvgIpc) is 3.30. The number of halogens is 1. The smallest absolute Gasteiger partial charge is 0.191 e. The fraction of sp³-hybridized carbons (Fsp3) is 0.444. The lowest BCUT2D eigenvalue weighted by atomic mass is 9.96. The Kier molecular flexibility index (Phi) is 6.03. The number of aryl methyl sites for hydroxylation is 1. The van der Waals surface area contributed by atoms with Gasteiger partial charge in [-0.2, -0.15) is 0 Å². The Bertz CT molecular complexity index is 761. The van der Waals surface area contributed by atoms with Crippen molar-refractivity contribution in [2.24, 2.45) is 10.7 Å². The van der Waals surface area contributed by atoms with E-state index in [2.05, 4.69) is 25.8 Å². The van der Waals surface area contributed by atoms with Gasteiger partial charge in [-0.15, -0.1) is 35.3 Å². The summed E-state index contributed by atoms with van der Waals surface area (Å²) in [4.78, 5) is 13.3. The van der Waals surface area contributed by atoms with Gasteiger partial charge in [0.2, 0.25) is 0 Å². The van der Waals surface area contributed by atoms with Gasteiger partial charge >= 0.3 is 0 Å². The first kappa shape index (κ1) is 19.4. The fourth-order valence-electron chi connectivity index (χ4n) is 3.64. The van der Waals surface area contributed by atoms with Gasteiger partial charge in [0.25, 0.3) is 0 Å². The summed E-state index contributed by atoms with van der Waals surface area (Å²) in [7, 11) is 0. The minimum absolute atomic E-state index is 0. The number of fused-ring (bicyclic) bond motifs is 1. The van der Waals surface area contributed by atoms with Crippen LogP contribution in [0.15, 0.2) is 40.8 Å². The van der Waals surface area contributed by atoms with Gasteiger partial charge in [-0.05, 0) is 24.0 Å². The Morgan fingerprint density at radius 2 is 2.04 bits per heavy atom. The third-order valence-electron chi connectivity index (χ3n) is 5.12. The number of aliphatic imine (C=N–C) groups is 1. The predicted molar refractivity (Wildman–Crippen MR) is 116 cm³/mol. The standard InChI is InChI=1S/C18H23N5OS.HI/c19-16(22-8-10-23(11-9-22)17-20-7-12-25-17)21-13-18(24)6-5-14-3-1-2-4-15(14)18;/h1-4,7,12,24H,5-6,8-11,13H2,(H2,19,21);1H. The van der Waals surface area contributed by atoms with Gasteiger partial charge in [0.1, 0.15) is 5.60 Å². The van der Waals surface area contributed by atoms with Gasteiger partial charge in [-0.1, -0.05) is 24.3 Å². The molecule has 1 aromatic carbocycles. The monoisotopic (exact) mass is 485 g/mol. The summed E-state index contributed by atoms with van der Waals surface area (Å²) in [6.07, 6.45) is 3.44. The van der Waals surface area contributed by atoms with E-state index in [9.17, 15) is 5.11 Å². The zero-order valence-electron chi connectivity index (χ0n) is 14.5. The zero-order chi connectivity index (χ0) is 17.3. The number of hydrogen-bond acceptors (Lipinski definition) is 5. The molecule has 2 aromatic rings. The Balaban J connectivity index is 0.00000196. The number of thiazole rings is 1. The van der Waals surface area contributed by atoms with Crippen LogP contribution >= 0.6 is 35.3 Å². The van der Waals surface area contributed by atoms with Gasteiger partial charge in [0.15, 0.2) is 11.1 Å². The molecular formula is C18H24IN5OS. The summed E-state index contributed by atoms with van der Waals surface area (Å²) < 4.78 is 0. The van der Waals surface area contributed by atoms with Crippen LogP contribution < -0.4 is 10.6 Å². The van der Waals surface area contributed by atoms with Gasteiger partial charge in [-0.3, -0.25) is 0 Å². The Labute approximate surface area is 174 Å². The number of benzene rings is 1. The molecule has 1 aliphatic heterocycles. The van der Waals surface area contributed by atoms with Crippen LogP contribution in [-0.2, 0) is 12.0 Å². The van der Waals surface area contributed by atoms with Crippen molar-refractivity contribution >= 4 is 46.4 Å². The highest BCUT2D eigenvalue weighted by molar-refractivity contribution is 14.0. The van der Waals surface area contributed by atoms with Gasteiger partial charge in [0.05, 0.1) is 6.54 Å². The lowest BCUT2D eigenvalue weighted by Crippen LogP contribution is -2.51. The predicted octanol–water partition coefficient (Wildman–Crippen LogP) is 2.03. The van der Waals surface area contributed by atoms with Gasteiger partial charge in [-0.25, -0.2) is 9.98 Å². The minimum Gasteiger partial charge on any atom is -0.383 e. The fourth-order valence-corrected chi connectivity index (χ4v) is 4.34. The lowest BCUT2D eigenvalue weighted by Gasteiger charge is -2.35. The Morgan fingerprint density at radius 1 is 1.27 bits per heavy atom. The number of aromatic nitrogens is 1. The largest absolute Gasteiger partial charge is 0.383 e. The second-order valence-electron chi connectivity index (χ2n) is 6.65. The number of guanidine groups is 1. The molecule has 0 bridgehead atoms. The van der Waals surface area contributed by atoms with E-state index < -0.39 is 5.60 Å². The average molecular weight is 485 g/mol. The summed E-state index contributed by atoms with van der Waals surface area (Å²) in [6.45, 7) is 3.74. The summed E-state index contributed by atoms with van der Waals surface area (Å²) in [5, 5.41) is 14.0. The first-order valence-electron chi connectivity index (χ1n) is 8.66. The topological polar surface area (TPSA) is 78.0 Å². The molecule has 1 aromatic heterocycles. The maximum absolute atomic E-state index is 11.0. The molecular weight excluding hydrogens is 461 g/mol. The van der Waals surface area contributed by atoms with Crippen molar-refractivity contribution in [2.45, 2.75) is 18.4 Å². The molecule has 0 saturated carbocycles. The molecule has 1 atom stereocenters. The second-order valence-corrected chi connectivity index (χ2v) is 7.52. The molecule has 2 heterocycles. The van der Waals surface area contributed by atoms with E-state index in [1.807, 2.05) is 29.8 Å². The van der Waals surface area contributed by atoms with E-state index in [4.69, 9.17) is 5.73 Å². The second kappa shape index (κ2) is 8.10. The van der Waals surface area contributed by atoms with Crippen molar-refractivity contribution in [2.75, 3.05) is 37.6 Å². The van der Waals surface area contributed by atoms with Crippen molar-refractivity contribution < 1.29 is 5.11 Å². The molecule has 0 radical (unpaired) electrons. The molecule has 1 fully saturated rings. The normalized spacial score (nSPS) is 22.9. The number of rotatable bonds is 3. The summed E-state index contributed by atoms with van der Waals surface area (Å²) in [6, 6.07) is 8.07. The molecule has 0 amide bonds. The van der Waals surface area contributed by atoms with E-state index in [1.54, 1.807) is 11.3 Å².